The Balaban J connectivity index is 0.00000484. The zero-order chi connectivity index (χ0) is 29.9. The van der Waals surface area contributed by atoms with Gasteiger partial charge in [-0.25, -0.2) is 17.7 Å². The molecular formula is C29H38ClN4O6S2+. The third-order valence-corrected chi connectivity index (χ3v) is 9.55. The summed E-state index contributed by atoms with van der Waals surface area (Å²) in [6.07, 6.45) is 0. The number of benzene rings is 3. The summed E-state index contributed by atoms with van der Waals surface area (Å²) in [5, 5.41) is 1.56. The van der Waals surface area contributed by atoms with Gasteiger partial charge in [-0.1, -0.05) is 6.07 Å². The van der Waals surface area contributed by atoms with E-state index in [9.17, 15) is 21.4 Å². The van der Waals surface area contributed by atoms with Crippen molar-refractivity contribution in [2.45, 2.75) is 37.5 Å². The Hall–Kier alpha value is -3.00. The van der Waals surface area contributed by atoms with E-state index in [-0.39, 0.29) is 36.0 Å². The van der Waals surface area contributed by atoms with Crippen molar-refractivity contribution in [1.29, 1.82) is 0 Å². The molecule has 1 heterocycles. The molecule has 13 heteroatoms. The molecule has 42 heavy (non-hydrogen) atoms. The number of nitrogens with two attached hydrogens (primary N) is 1. The number of hydrogen-bond acceptors (Lipinski definition) is 7. The minimum absolute atomic E-state index is 0. The Kier molecular flexibility index (Phi) is 10.8. The monoisotopic (exact) mass is 637 g/mol. The minimum Gasteiger partial charge on any atom is -0.456 e. The van der Waals surface area contributed by atoms with E-state index in [1.54, 1.807) is 0 Å². The standard InChI is InChI=1S/C29H36N4O6S2.ClH/c1-5-32(6-2)20-9-12-23-26(17-20)39-27-18-21(33(7-3)8-4)10-13-24(27)29(23)25-14-11-22(19-28(25)41(36,37)38)40(34,35)31-16-15-30;/h9-14,17-19,31H,5-8,15-16,30H2,1-4H3;1H/p+1. The van der Waals surface area contributed by atoms with E-state index in [1.807, 2.05) is 36.4 Å². The van der Waals surface area contributed by atoms with Gasteiger partial charge in [0.25, 0.3) is 10.1 Å². The summed E-state index contributed by atoms with van der Waals surface area (Å²) in [4.78, 5) is 1.34. The van der Waals surface area contributed by atoms with E-state index in [1.165, 1.54) is 12.1 Å². The summed E-state index contributed by atoms with van der Waals surface area (Å²) >= 11 is 0. The fraction of sp³-hybridized carbons (Fsp3) is 0.345. The highest BCUT2D eigenvalue weighted by Gasteiger charge is 2.27. The summed E-state index contributed by atoms with van der Waals surface area (Å²) in [7, 11) is -8.91. The molecule has 0 bridgehead atoms. The van der Waals surface area contributed by atoms with Crippen molar-refractivity contribution in [3.63, 3.8) is 0 Å². The van der Waals surface area contributed by atoms with Crippen LogP contribution in [0.5, 0.6) is 0 Å². The SMILES string of the molecule is CCN(CC)c1ccc2c(-c3ccc(S(=O)(=O)NCCN)cc3S(=O)(=O)O)c3ccc(=[N+](CC)CC)cc-3oc2c1.Cl. The van der Waals surface area contributed by atoms with Gasteiger partial charge in [0, 0.05) is 66.1 Å². The fourth-order valence-corrected chi connectivity index (χ4v) is 6.97. The number of nitrogens with one attached hydrogen (secondary N) is 1. The van der Waals surface area contributed by atoms with Crippen molar-refractivity contribution in [2.24, 2.45) is 5.73 Å². The van der Waals surface area contributed by atoms with E-state index >= 15 is 0 Å². The quantitative estimate of drug-likeness (QED) is 0.128. The van der Waals surface area contributed by atoms with Crippen LogP contribution in [0.1, 0.15) is 27.7 Å². The summed E-state index contributed by atoms with van der Waals surface area (Å²) in [5.74, 6) is 0.524. The highest BCUT2D eigenvalue weighted by molar-refractivity contribution is 7.89. The van der Waals surface area contributed by atoms with E-state index < -0.39 is 25.0 Å². The molecule has 4 rings (SSSR count). The molecule has 0 aromatic heterocycles. The third-order valence-electron chi connectivity index (χ3n) is 7.19. The first-order valence-corrected chi connectivity index (χ1v) is 16.6. The minimum atomic E-state index is -4.85. The highest BCUT2D eigenvalue weighted by atomic mass is 35.5. The lowest BCUT2D eigenvalue weighted by Gasteiger charge is -2.22. The second kappa shape index (κ2) is 13.5. The molecule has 0 unspecified atom stereocenters. The molecule has 0 radical (unpaired) electrons. The van der Waals surface area contributed by atoms with Crippen LogP contribution in [0.4, 0.5) is 5.69 Å². The van der Waals surface area contributed by atoms with Gasteiger partial charge in [-0.2, -0.15) is 8.42 Å². The zero-order valence-corrected chi connectivity index (χ0v) is 26.6. The van der Waals surface area contributed by atoms with Crippen molar-refractivity contribution in [2.75, 3.05) is 44.2 Å². The van der Waals surface area contributed by atoms with Crippen LogP contribution < -0.4 is 25.3 Å². The van der Waals surface area contributed by atoms with Crippen LogP contribution in [0.3, 0.4) is 0 Å². The van der Waals surface area contributed by atoms with E-state index in [0.717, 1.165) is 43.3 Å². The number of sulfonamides is 1. The maximum Gasteiger partial charge on any atom is 0.295 e. The van der Waals surface area contributed by atoms with Gasteiger partial charge in [0.05, 0.1) is 11.0 Å². The van der Waals surface area contributed by atoms with Crippen LogP contribution in [-0.2, 0) is 20.1 Å². The van der Waals surface area contributed by atoms with Gasteiger partial charge in [-0.3, -0.25) is 4.55 Å². The Bertz CT molecular complexity index is 1830. The number of halogens is 1. The van der Waals surface area contributed by atoms with E-state index in [4.69, 9.17) is 10.2 Å². The molecular weight excluding hydrogens is 600 g/mol. The number of nitrogens with zero attached hydrogens (tertiary/aromatic N) is 2. The van der Waals surface area contributed by atoms with Gasteiger partial charge in [-0.15, -0.1) is 12.4 Å². The van der Waals surface area contributed by atoms with Gasteiger partial charge in [0.2, 0.25) is 15.4 Å². The average Bonchev–Trinajstić information content (AvgIpc) is 2.95. The topological polar surface area (TPSA) is 146 Å². The largest absolute Gasteiger partial charge is 0.456 e. The van der Waals surface area contributed by atoms with Gasteiger partial charge < -0.3 is 15.1 Å². The smallest absolute Gasteiger partial charge is 0.295 e. The maximum atomic E-state index is 12.8. The van der Waals surface area contributed by atoms with Crippen LogP contribution in [0, 0.1) is 0 Å². The molecule has 228 valence electrons. The zero-order valence-electron chi connectivity index (χ0n) is 24.1. The Morgan fingerprint density at radius 3 is 2.17 bits per heavy atom. The van der Waals surface area contributed by atoms with Crippen molar-refractivity contribution < 1.29 is 25.8 Å². The molecule has 4 N–H and O–H groups in total. The molecule has 0 atom stereocenters. The van der Waals surface area contributed by atoms with Crippen LogP contribution >= 0.6 is 12.4 Å². The Morgan fingerprint density at radius 2 is 1.57 bits per heavy atom. The molecule has 0 amide bonds. The van der Waals surface area contributed by atoms with Crippen molar-refractivity contribution >= 4 is 49.2 Å². The normalized spacial score (nSPS) is 12.0. The lowest BCUT2D eigenvalue weighted by molar-refractivity contribution is 0.483. The predicted octanol–water partition coefficient (Wildman–Crippen LogP) is 3.77. The lowest BCUT2D eigenvalue weighted by Crippen LogP contribution is -2.29. The number of anilines is 1. The van der Waals surface area contributed by atoms with Crippen LogP contribution in [0.15, 0.2) is 68.8 Å². The molecule has 0 saturated heterocycles. The number of hydrogen-bond donors (Lipinski definition) is 3. The summed E-state index contributed by atoms with van der Waals surface area (Å²) in [6.45, 7) is 11.4. The first kappa shape index (κ1) is 33.5. The molecule has 2 aliphatic rings. The summed E-state index contributed by atoms with van der Waals surface area (Å²) in [6, 6.07) is 15.1. The second-order valence-electron chi connectivity index (χ2n) is 9.50. The lowest BCUT2D eigenvalue weighted by atomic mass is 9.93. The molecule has 10 nitrogen and oxygen atoms in total. The number of rotatable bonds is 11. The molecule has 0 spiro atoms. The fourth-order valence-electron chi connectivity index (χ4n) is 5.10. The van der Waals surface area contributed by atoms with Gasteiger partial charge >= 0.3 is 0 Å². The van der Waals surface area contributed by atoms with Crippen molar-refractivity contribution in [3.8, 4) is 22.5 Å². The Labute approximate surface area is 253 Å². The summed E-state index contributed by atoms with van der Waals surface area (Å²) < 4.78 is 72.2. The van der Waals surface area contributed by atoms with Crippen molar-refractivity contribution in [1.82, 2.24) is 9.30 Å². The van der Waals surface area contributed by atoms with Crippen LogP contribution in [-0.4, -0.2) is 60.7 Å². The van der Waals surface area contributed by atoms with Gasteiger partial charge in [0.1, 0.15) is 29.3 Å². The number of fused-ring (bicyclic) bond motifs is 2. The van der Waals surface area contributed by atoms with Gasteiger partial charge in [0.15, 0.2) is 0 Å². The first-order valence-electron chi connectivity index (χ1n) is 13.6. The first-order chi connectivity index (χ1) is 19.5. The van der Waals surface area contributed by atoms with E-state index in [0.29, 0.717) is 27.9 Å². The van der Waals surface area contributed by atoms with Crippen LogP contribution in [0.25, 0.3) is 33.4 Å². The summed E-state index contributed by atoms with van der Waals surface area (Å²) in [5.41, 5.74) is 8.18. The molecule has 2 aromatic carbocycles. The van der Waals surface area contributed by atoms with Gasteiger partial charge in [-0.05, 0) is 58.0 Å². The molecule has 2 aromatic rings. The Morgan fingerprint density at radius 1 is 0.905 bits per heavy atom. The maximum absolute atomic E-state index is 12.8. The average molecular weight is 638 g/mol. The van der Waals surface area contributed by atoms with E-state index in [2.05, 4.69) is 41.9 Å². The molecule has 0 saturated carbocycles. The molecule has 0 fully saturated rings. The molecule has 1 aliphatic carbocycles. The molecule has 1 aliphatic heterocycles. The second-order valence-corrected chi connectivity index (χ2v) is 12.7. The van der Waals surface area contributed by atoms with Crippen molar-refractivity contribution in [3.05, 3.63) is 60.0 Å². The predicted molar refractivity (Wildman–Crippen MR) is 169 cm³/mol. The van der Waals surface area contributed by atoms with Crippen LogP contribution in [0.2, 0.25) is 0 Å². The third kappa shape index (κ3) is 6.64. The highest BCUT2D eigenvalue weighted by Crippen LogP contribution is 2.43.